The Morgan fingerprint density at radius 3 is 0.702 bits per heavy atom. The van der Waals surface area contributed by atoms with Crippen LogP contribution in [0.5, 0.6) is 0 Å². The minimum absolute atomic E-state index is 0.558. The van der Waals surface area contributed by atoms with Gasteiger partial charge >= 0.3 is 0 Å². The van der Waals surface area contributed by atoms with Crippen LogP contribution in [0.25, 0.3) is 66.6 Å². The molecule has 0 amide bonds. The monoisotopic (exact) mass is 1530 g/mol. The van der Waals surface area contributed by atoms with Crippen molar-refractivity contribution in [3.05, 3.63) is 473 Å². The van der Waals surface area contributed by atoms with E-state index in [0.29, 0.717) is 5.95 Å². The zero-order chi connectivity index (χ0) is 75.9. The Morgan fingerprint density at radius 1 is 0.184 bits per heavy atom. The summed E-state index contributed by atoms with van der Waals surface area (Å²) in [6.45, 7) is 0. The first-order valence-corrected chi connectivity index (χ1v) is 46.3. The summed E-state index contributed by atoms with van der Waals surface area (Å²) in [5.74, 6) is 1.31. The number of rotatable bonds is 19. The largest absolute Gasteiger partial charge is 0.294 e. The third-order valence-corrected chi connectivity index (χ3v) is 40.4. The topological polar surface area (TPSA) is 35.6 Å². The molecule has 3 aromatic heterocycles. The van der Waals surface area contributed by atoms with E-state index in [1.807, 2.05) is 0 Å². The predicted molar refractivity (Wildman–Crippen MR) is 483 cm³/mol. The van der Waals surface area contributed by atoms with E-state index in [4.69, 9.17) is 9.97 Å². The molecule has 114 heavy (non-hydrogen) atoms. The van der Waals surface area contributed by atoms with Gasteiger partial charge in [-0.3, -0.25) is 9.13 Å². The maximum atomic E-state index is 6.14. The Balaban J connectivity index is 0.911. The van der Waals surface area contributed by atoms with Crippen LogP contribution in [-0.4, -0.2) is 35.2 Å². The maximum absolute atomic E-state index is 6.14. The first-order chi connectivity index (χ1) is 56.5. The van der Waals surface area contributed by atoms with Crippen LogP contribution in [0.1, 0.15) is 0 Å². The van der Waals surface area contributed by atoms with Crippen LogP contribution in [0, 0.1) is 0 Å². The molecule has 20 rings (SSSR count). The van der Waals surface area contributed by atoms with E-state index >= 15 is 0 Å². The first-order valence-electron chi connectivity index (χ1n) is 39.0. The van der Waals surface area contributed by atoms with Crippen LogP contribution in [0.3, 0.4) is 0 Å². The van der Waals surface area contributed by atoms with Gasteiger partial charge in [0.25, 0.3) is 0 Å². The zero-order valence-electron chi connectivity index (χ0n) is 62.6. The molecule has 0 N–H and O–H groups in total. The van der Waals surface area contributed by atoms with Crippen LogP contribution in [-0.2, 0) is 0 Å². The Hall–Kier alpha value is -13.4. The fraction of sp³-hybridized carbons (Fsp3) is 0. The molecule has 0 saturated carbocycles. The molecule has 0 aliphatic rings. The van der Waals surface area contributed by atoms with Crippen molar-refractivity contribution in [2.24, 2.45) is 0 Å². The van der Waals surface area contributed by atoms with E-state index in [-0.39, 0.29) is 0 Å². The van der Waals surface area contributed by atoms with E-state index < -0.39 is 36.2 Å². The van der Waals surface area contributed by atoms with Gasteiger partial charge in [0.05, 0.1) is 27.8 Å². The van der Waals surface area contributed by atoms with Crippen LogP contribution < -0.4 is 41.5 Å². The van der Waals surface area contributed by atoms with Gasteiger partial charge in [0, 0.05) is 72.3 Å². The van der Waals surface area contributed by atoms with Crippen molar-refractivity contribution >= 4 is 121 Å². The van der Waals surface area contributed by atoms with Gasteiger partial charge in [0.2, 0.25) is 5.95 Å². The maximum Gasteiger partial charge on any atom is 0.237 e. The summed E-state index contributed by atoms with van der Waals surface area (Å²) in [5.41, 5.74) is 5.85. The number of benzene rings is 17. The summed E-state index contributed by atoms with van der Waals surface area (Å²) in [6, 6.07) is 178. The number of nitrogens with zero attached hydrogens (tertiary/aromatic N) is 4. The van der Waals surface area contributed by atoms with Gasteiger partial charge in [-0.15, -0.1) is 20.1 Å². The molecule has 0 spiro atoms. The minimum Gasteiger partial charge on any atom is -0.294 e. The van der Waals surface area contributed by atoms with E-state index in [1.165, 1.54) is 80.7 Å². The third kappa shape index (κ3) is 11.4. The van der Waals surface area contributed by atoms with Gasteiger partial charge in [-0.25, -0.2) is 4.98 Å². The van der Waals surface area contributed by atoms with E-state index in [9.17, 15) is 0 Å². The zero-order valence-corrected chi connectivity index (χ0v) is 66.3. The molecule has 0 atom stereocenters. The van der Waals surface area contributed by atoms with Crippen LogP contribution in [0.2, 0.25) is 0 Å². The molecule has 542 valence electrons. The summed E-state index contributed by atoms with van der Waals surface area (Å²) in [7, 11) is -10.6. The van der Waals surface area contributed by atoms with Crippen molar-refractivity contribution in [3.63, 3.8) is 0 Å². The summed E-state index contributed by atoms with van der Waals surface area (Å²) >= 11 is 0. The normalized spacial score (nSPS) is 12.3. The van der Waals surface area contributed by atoms with Gasteiger partial charge in [0.1, 0.15) is 5.82 Å². The van der Waals surface area contributed by atoms with Crippen LogP contribution >= 0.6 is 20.1 Å². The highest BCUT2D eigenvalue weighted by molar-refractivity contribution is 8.34. The molecule has 17 aromatic carbocycles. The fourth-order valence-corrected chi connectivity index (χ4v) is 35.6. The summed E-state index contributed by atoms with van der Waals surface area (Å²) < 4.78 is 4.81. The molecular weight excluding hydrogens is 1450 g/mol. The second-order valence-electron chi connectivity index (χ2n) is 29.1. The average Bonchev–Trinajstić information content (AvgIpc) is 1.48. The van der Waals surface area contributed by atoms with E-state index in [2.05, 4.69) is 482 Å². The molecule has 0 saturated heterocycles. The second-order valence-corrected chi connectivity index (χ2v) is 42.9. The van der Waals surface area contributed by atoms with Crippen molar-refractivity contribution < 1.29 is 0 Å². The van der Waals surface area contributed by atoms with E-state index in [1.54, 1.807) is 0 Å². The standard InChI is InChI=1S/C106H78N4S2Si2/c1-14-40-79(41-15-1)100-78-105(109-101-72-68-94(113(88-54-28-8-29-55-88,89-56-30-9-31-57-89)90-58-32-10-33-59-90)76-98(101)99-77-95(69-73-102(99)109)114(91-60-34-11-35-61-91,92-62-36-12-37-63-92)93-64-38-13-39-65-93)108-106(107-100)110-103-70-66-86(111(80-42-16-2-17-43-80,81-44-18-3-19-45-81)82-46-20-4-21-47-82)74-96(103)97-75-87(67-71-104(97)110)112(83-48-22-5-23-49-83,84-50-24-6-25-51-84)85-52-26-7-27-53-85/h1-78H. The van der Waals surface area contributed by atoms with Gasteiger partial charge in [-0.1, -0.05) is 346 Å². The predicted octanol–water partition coefficient (Wildman–Crippen LogP) is 21.8. The number of aromatic nitrogens is 4. The lowest BCUT2D eigenvalue weighted by Crippen LogP contribution is -2.74. The molecule has 20 aromatic rings. The lowest BCUT2D eigenvalue weighted by molar-refractivity contribution is 0.951. The van der Waals surface area contributed by atoms with Gasteiger partial charge in [-0.2, -0.15) is 4.98 Å². The number of hydrogen-bond acceptors (Lipinski definition) is 2. The smallest absolute Gasteiger partial charge is 0.237 e. The molecule has 4 nitrogen and oxygen atoms in total. The summed E-state index contributed by atoms with van der Waals surface area (Å²) in [6.07, 6.45) is 0. The quantitative estimate of drug-likeness (QED) is 0.0597. The van der Waals surface area contributed by atoms with Gasteiger partial charge in [-0.05, 0) is 163 Å². The Labute approximate surface area is 670 Å². The number of hydrogen-bond donors (Lipinski definition) is 0. The highest BCUT2D eigenvalue weighted by Crippen LogP contribution is 2.75. The van der Waals surface area contributed by atoms with Crippen molar-refractivity contribution in [2.45, 2.75) is 39.2 Å². The lowest BCUT2D eigenvalue weighted by Gasteiger charge is -2.42. The Morgan fingerprint density at radius 2 is 0.421 bits per heavy atom. The molecule has 0 fully saturated rings. The van der Waals surface area contributed by atoms with Gasteiger partial charge in [0.15, 0.2) is 16.1 Å². The molecule has 0 radical (unpaired) electrons. The molecule has 0 unspecified atom stereocenters. The van der Waals surface area contributed by atoms with Crippen molar-refractivity contribution in [1.29, 1.82) is 0 Å². The summed E-state index contributed by atoms with van der Waals surface area (Å²) in [5, 5.41) is 14.9. The molecule has 0 bridgehead atoms. The highest BCUT2D eigenvalue weighted by atomic mass is 32.3. The van der Waals surface area contributed by atoms with Crippen LogP contribution in [0.4, 0.5) is 0 Å². The molecule has 3 heterocycles. The second kappa shape index (κ2) is 29.7. The molecule has 0 aliphatic carbocycles. The average molecular weight is 1530 g/mol. The van der Waals surface area contributed by atoms with Crippen molar-refractivity contribution in [2.75, 3.05) is 0 Å². The number of fused-ring (bicyclic) bond motifs is 6. The third-order valence-electron chi connectivity index (χ3n) is 23.1. The van der Waals surface area contributed by atoms with E-state index in [0.717, 1.165) is 60.7 Å². The first kappa shape index (κ1) is 69.7. The Kier molecular flexibility index (Phi) is 18.1. The Bertz CT molecular complexity index is 5650. The van der Waals surface area contributed by atoms with Gasteiger partial charge < -0.3 is 0 Å². The van der Waals surface area contributed by atoms with Crippen molar-refractivity contribution in [1.82, 2.24) is 19.1 Å². The molecular formula is C106H78N4S2Si2. The van der Waals surface area contributed by atoms with Crippen molar-refractivity contribution in [3.8, 4) is 23.0 Å². The minimum atomic E-state index is -3.11. The fourth-order valence-electron chi connectivity index (χ4n) is 18.2. The lowest BCUT2D eigenvalue weighted by atomic mass is 10.1. The highest BCUT2D eigenvalue weighted by Gasteiger charge is 2.45. The molecule has 8 heteroatoms. The van der Waals surface area contributed by atoms with Crippen LogP contribution in [0.15, 0.2) is 512 Å². The summed E-state index contributed by atoms with van der Waals surface area (Å²) in [4.78, 5) is 22.0. The SMILES string of the molecule is c1ccc(-c2cc(-n3c4ccc([Si](c5ccccc5)(c5ccccc5)c5ccccc5)cc4c4cc([Si](c5ccccc5)(c5ccccc5)c5ccccc5)ccc43)nc(-n3c4ccc(S(c5ccccc5)(c5ccccc5)c5ccccc5)cc4c4cc(S(c5ccccc5)(c5ccccc5)c5ccccc5)ccc43)n2)cc1. The molecule has 0 aliphatic heterocycles.